The van der Waals surface area contributed by atoms with E-state index in [0.717, 1.165) is 11.0 Å². The van der Waals surface area contributed by atoms with Crippen LogP contribution in [0.1, 0.15) is 12.7 Å². The molecule has 1 amide bonds. The van der Waals surface area contributed by atoms with E-state index in [-0.39, 0.29) is 5.91 Å². The maximum atomic E-state index is 12.9. The van der Waals surface area contributed by atoms with Crippen LogP contribution in [0.2, 0.25) is 5.02 Å². The summed E-state index contributed by atoms with van der Waals surface area (Å²) in [5.74, 6) is -0.439. The SMILES string of the molecule is CC1=NN(c2cccc(Cl)c2)C(=O)[C@H]1/C=C(\C#N)c1nc2ccccc2[nH]1. The Morgan fingerprint density at radius 2 is 2.11 bits per heavy atom. The van der Waals surface area contributed by atoms with E-state index in [1.807, 2.05) is 24.3 Å². The minimum Gasteiger partial charge on any atom is -0.337 e. The van der Waals surface area contributed by atoms with Crippen LogP contribution in [0, 0.1) is 17.2 Å². The topological polar surface area (TPSA) is 85.1 Å². The molecule has 1 aliphatic rings. The number of anilines is 1. The molecule has 1 atom stereocenters. The first-order valence-corrected chi connectivity index (χ1v) is 8.66. The number of nitrogens with one attached hydrogen (secondary N) is 1. The van der Waals surface area contributed by atoms with Gasteiger partial charge in [-0.05, 0) is 43.3 Å². The fraction of sp³-hybridized carbons (Fsp3) is 0.100. The number of aromatic amines is 1. The van der Waals surface area contributed by atoms with Crippen molar-refractivity contribution >= 4 is 45.5 Å². The first-order valence-electron chi connectivity index (χ1n) is 8.28. The van der Waals surface area contributed by atoms with Crippen LogP contribution < -0.4 is 5.01 Å². The van der Waals surface area contributed by atoms with Gasteiger partial charge in [-0.3, -0.25) is 4.79 Å². The zero-order chi connectivity index (χ0) is 19.0. The number of para-hydroxylation sites is 2. The lowest BCUT2D eigenvalue weighted by molar-refractivity contribution is -0.118. The number of carbonyl (C=O) groups is 1. The summed E-state index contributed by atoms with van der Waals surface area (Å²) in [5.41, 5.74) is 3.08. The number of aromatic nitrogens is 2. The highest BCUT2D eigenvalue weighted by Gasteiger charge is 2.33. The Labute approximate surface area is 160 Å². The van der Waals surface area contributed by atoms with Gasteiger partial charge >= 0.3 is 0 Å². The fourth-order valence-corrected chi connectivity index (χ4v) is 3.17. The van der Waals surface area contributed by atoms with Crippen LogP contribution in [0.4, 0.5) is 5.69 Å². The average molecular weight is 376 g/mol. The Kier molecular flexibility index (Phi) is 4.22. The van der Waals surface area contributed by atoms with E-state index >= 15 is 0 Å². The molecule has 4 rings (SSSR count). The smallest absolute Gasteiger partial charge is 0.260 e. The summed E-state index contributed by atoms with van der Waals surface area (Å²) in [4.78, 5) is 20.4. The molecule has 2 heterocycles. The van der Waals surface area contributed by atoms with Crippen molar-refractivity contribution in [1.29, 1.82) is 5.26 Å². The fourth-order valence-electron chi connectivity index (χ4n) is 2.98. The van der Waals surface area contributed by atoms with Gasteiger partial charge in [0.25, 0.3) is 5.91 Å². The summed E-state index contributed by atoms with van der Waals surface area (Å²) in [6.45, 7) is 1.76. The molecular formula is C20H14ClN5O. The van der Waals surface area contributed by atoms with Gasteiger partial charge in [-0.15, -0.1) is 0 Å². The Bertz CT molecular complexity index is 1120. The molecule has 2 aromatic carbocycles. The number of halogens is 1. The van der Waals surface area contributed by atoms with E-state index in [1.54, 1.807) is 37.3 Å². The molecule has 0 bridgehead atoms. The predicted octanol–water partition coefficient (Wildman–Crippen LogP) is 4.16. The van der Waals surface area contributed by atoms with Crippen LogP contribution >= 0.6 is 11.6 Å². The predicted molar refractivity (Wildman–Crippen MR) is 105 cm³/mol. The minimum atomic E-state index is -0.633. The standard InChI is InChI=1S/C20H14ClN5O/c1-12-16(20(27)26(25-12)15-6-4-5-14(21)10-15)9-13(11-22)19-23-17-7-2-3-8-18(17)24-19/h2-10,16H,1H3,(H,23,24)/b13-9+/t16-/m0/s1. The van der Waals surface area contributed by atoms with E-state index in [0.29, 0.717) is 27.8 Å². The van der Waals surface area contributed by atoms with Crippen LogP contribution in [0.15, 0.2) is 59.7 Å². The molecular weight excluding hydrogens is 362 g/mol. The van der Waals surface area contributed by atoms with Gasteiger partial charge in [-0.1, -0.05) is 29.8 Å². The zero-order valence-corrected chi connectivity index (χ0v) is 15.1. The highest BCUT2D eigenvalue weighted by atomic mass is 35.5. The van der Waals surface area contributed by atoms with E-state index in [9.17, 15) is 10.1 Å². The third-order valence-electron chi connectivity index (χ3n) is 4.33. The molecule has 0 spiro atoms. The number of hydrogen-bond acceptors (Lipinski definition) is 4. The van der Waals surface area contributed by atoms with Gasteiger partial charge in [-0.2, -0.15) is 15.4 Å². The average Bonchev–Trinajstić information content (AvgIpc) is 3.21. The van der Waals surface area contributed by atoms with Crippen molar-refractivity contribution in [2.24, 2.45) is 11.0 Å². The molecule has 1 aromatic heterocycles. The van der Waals surface area contributed by atoms with Gasteiger partial charge in [0.1, 0.15) is 11.9 Å². The number of carbonyl (C=O) groups excluding carboxylic acids is 1. The summed E-state index contributed by atoms with van der Waals surface area (Å²) >= 11 is 6.02. The van der Waals surface area contributed by atoms with Crippen molar-refractivity contribution in [1.82, 2.24) is 9.97 Å². The molecule has 0 saturated heterocycles. The largest absolute Gasteiger partial charge is 0.337 e. The minimum absolute atomic E-state index is 0.237. The van der Waals surface area contributed by atoms with E-state index < -0.39 is 5.92 Å². The molecule has 3 aromatic rings. The van der Waals surface area contributed by atoms with Crippen LogP contribution in [0.25, 0.3) is 16.6 Å². The Balaban J connectivity index is 1.69. The summed E-state index contributed by atoms with van der Waals surface area (Å²) in [7, 11) is 0. The number of nitriles is 1. The second-order valence-electron chi connectivity index (χ2n) is 6.14. The van der Waals surface area contributed by atoms with Gasteiger partial charge in [0.2, 0.25) is 0 Å². The second kappa shape index (κ2) is 6.71. The number of amides is 1. The zero-order valence-electron chi connectivity index (χ0n) is 14.3. The van der Waals surface area contributed by atoms with Gasteiger partial charge < -0.3 is 4.98 Å². The van der Waals surface area contributed by atoms with Crippen molar-refractivity contribution in [3.05, 3.63) is 65.5 Å². The number of allylic oxidation sites excluding steroid dienone is 1. The maximum Gasteiger partial charge on any atom is 0.260 e. The first-order chi connectivity index (χ1) is 13.1. The molecule has 27 heavy (non-hydrogen) atoms. The maximum absolute atomic E-state index is 12.9. The molecule has 1 aliphatic heterocycles. The molecule has 7 heteroatoms. The first kappa shape index (κ1) is 17.0. The Morgan fingerprint density at radius 1 is 1.30 bits per heavy atom. The van der Waals surface area contributed by atoms with E-state index in [2.05, 4.69) is 21.1 Å². The number of hydrazone groups is 1. The quantitative estimate of drug-likeness (QED) is 0.697. The van der Waals surface area contributed by atoms with Crippen molar-refractivity contribution in [3.63, 3.8) is 0 Å². The van der Waals surface area contributed by atoms with Gasteiger partial charge in [0.15, 0.2) is 0 Å². The van der Waals surface area contributed by atoms with Crippen molar-refractivity contribution in [2.45, 2.75) is 6.92 Å². The molecule has 0 unspecified atom stereocenters. The van der Waals surface area contributed by atoms with Gasteiger partial charge in [0, 0.05) is 5.02 Å². The lowest BCUT2D eigenvalue weighted by Crippen LogP contribution is -2.26. The van der Waals surface area contributed by atoms with Crippen LogP contribution in [-0.2, 0) is 4.79 Å². The molecule has 0 radical (unpaired) electrons. The molecule has 0 aliphatic carbocycles. The van der Waals surface area contributed by atoms with Crippen LogP contribution in [0.3, 0.4) is 0 Å². The second-order valence-corrected chi connectivity index (χ2v) is 6.58. The van der Waals surface area contributed by atoms with E-state index in [1.165, 1.54) is 5.01 Å². The van der Waals surface area contributed by atoms with E-state index in [4.69, 9.17) is 11.6 Å². The molecule has 0 fully saturated rings. The van der Waals surface area contributed by atoms with Crippen molar-refractivity contribution in [3.8, 4) is 6.07 Å². The molecule has 132 valence electrons. The summed E-state index contributed by atoms with van der Waals surface area (Å²) in [5, 5.41) is 15.8. The van der Waals surface area contributed by atoms with Crippen molar-refractivity contribution in [2.75, 3.05) is 5.01 Å². The van der Waals surface area contributed by atoms with Gasteiger partial charge in [-0.25, -0.2) is 4.98 Å². The highest BCUT2D eigenvalue weighted by Crippen LogP contribution is 2.28. The lowest BCUT2D eigenvalue weighted by Gasteiger charge is -2.13. The normalized spacial score (nSPS) is 17.3. The lowest BCUT2D eigenvalue weighted by atomic mass is 10.0. The number of imidazole rings is 1. The van der Waals surface area contributed by atoms with Crippen LogP contribution in [-0.4, -0.2) is 21.6 Å². The highest BCUT2D eigenvalue weighted by molar-refractivity contribution is 6.31. The third-order valence-corrected chi connectivity index (χ3v) is 4.57. The summed E-state index contributed by atoms with van der Waals surface area (Å²) in [6, 6.07) is 16.6. The third kappa shape index (κ3) is 3.09. The molecule has 1 N–H and O–H groups in total. The summed E-state index contributed by atoms with van der Waals surface area (Å²) in [6.07, 6.45) is 1.60. The number of nitrogens with zero attached hydrogens (tertiary/aromatic N) is 4. The number of hydrogen-bond donors (Lipinski definition) is 1. The Morgan fingerprint density at radius 3 is 2.85 bits per heavy atom. The number of rotatable bonds is 3. The number of H-pyrrole nitrogens is 1. The molecule has 6 nitrogen and oxygen atoms in total. The number of benzene rings is 2. The monoisotopic (exact) mass is 375 g/mol. The summed E-state index contributed by atoms with van der Waals surface area (Å²) < 4.78 is 0. The number of fused-ring (bicyclic) bond motifs is 1. The van der Waals surface area contributed by atoms with Gasteiger partial charge in [0.05, 0.1) is 33.9 Å². The Hall–Kier alpha value is -3.43. The van der Waals surface area contributed by atoms with Crippen molar-refractivity contribution < 1.29 is 4.79 Å². The molecule has 0 saturated carbocycles. The van der Waals surface area contributed by atoms with Crippen LogP contribution in [0.5, 0.6) is 0 Å².